The lowest BCUT2D eigenvalue weighted by molar-refractivity contribution is -0.151. The fourth-order valence-corrected chi connectivity index (χ4v) is 2.92. The van der Waals surface area contributed by atoms with E-state index in [4.69, 9.17) is 16.3 Å². The maximum absolute atomic E-state index is 9.33. The molecule has 1 aromatic heterocycles. The van der Waals surface area contributed by atoms with E-state index >= 15 is 0 Å². The van der Waals surface area contributed by atoms with Crippen LogP contribution in [0.15, 0.2) is 0 Å². The Labute approximate surface area is 119 Å². The van der Waals surface area contributed by atoms with E-state index in [1.54, 1.807) is 0 Å². The molecule has 0 aromatic carbocycles. The largest absolute Gasteiger partial charge is 0.394 e. The van der Waals surface area contributed by atoms with E-state index in [2.05, 4.69) is 10.00 Å². The summed E-state index contributed by atoms with van der Waals surface area (Å²) in [5, 5.41) is 14.4. The van der Waals surface area contributed by atoms with Gasteiger partial charge in [0, 0.05) is 26.7 Å². The second kappa shape index (κ2) is 5.40. The third-order valence-corrected chi connectivity index (χ3v) is 3.88. The Balaban J connectivity index is 2.14. The SMILES string of the molecule is Cc1nn(C)c(CN2CC(CO)OC(C)(C)C2)c1Cl. The van der Waals surface area contributed by atoms with Gasteiger partial charge in [-0.15, -0.1) is 0 Å². The standard InChI is InChI=1S/C13H22ClN3O2/c1-9-12(14)11(16(4)15-9)6-17-5-10(7-18)19-13(2,3)8-17/h10,18H,5-8H2,1-4H3. The highest BCUT2D eigenvalue weighted by Crippen LogP contribution is 2.25. The van der Waals surface area contributed by atoms with Crippen LogP contribution in [0.5, 0.6) is 0 Å². The highest BCUT2D eigenvalue weighted by molar-refractivity contribution is 6.31. The van der Waals surface area contributed by atoms with Crippen molar-refractivity contribution < 1.29 is 9.84 Å². The van der Waals surface area contributed by atoms with Gasteiger partial charge >= 0.3 is 0 Å². The number of aromatic nitrogens is 2. The van der Waals surface area contributed by atoms with Gasteiger partial charge in [-0.3, -0.25) is 9.58 Å². The zero-order valence-electron chi connectivity index (χ0n) is 12.0. The molecule has 0 bridgehead atoms. The van der Waals surface area contributed by atoms with E-state index < -0.39 is 0 Å². The Morgan fingerprint density at radius 1 is 1.53 bits per heavy atom. The second-order valence-electron chi connectivity index (χ2n) is 5.82. The Morgan fingerprint density at radius 3 is 2.74 bits per heavy atom. The van der Waals surface area contributed by atoms with Crippen LogP contribution in [0.25, 0.3) is 0 Å². The van der Waals surface area contributed by atoms with E-state index in [1.807, 2.05) is 32.5 Å². The summed E-state index contributed by atoms with van der Waals surface area (Å²) in [4.78, 5) is 2.26. The minimum Gasteiger partial charge on any atom is -0.394 e. The number of morpholine rings is 1. The monoisotopic (exact) mass is 287 g/mol. The first-order chi connectivity index (χ1) is 8.82. The summed E-state index contributed by atoms with van der Waals surface area (Å²) in [5.74, 6) is 0. The molecule has 1 N–H and O–H groups in total. The summed E-state index contributed by atoms with van der Waals surface area (Å²) < 4.78 is 7.64. The van der Waals surface area contributed by atoms with Crippen LogP contribution >= 0.6 is 11.6 Å². The minimum atomic E-state index is -0.258. The number of hydrogen-bond donors (Lipinski definition) is 1. The van der Waals surface area contributed by atoms with Crippen molar-refractivity contribution in [3.8, 4) is 0 Å². The molecule has 6 heteroatoms. The predicted molar refractivity (Wildman–Crippen MR) is 74.3 cm³/mol. The van der Waals surface area contributed by atoms with Crippen LogP contribution in [0.1, 0.15) is 25.2 Å². The molecule has 0 spiro atoms. The third kappa shape index (κ3) is 3.28. The van der Waals surface area contributed by atoms with Gasteiger partial charge in [-0.2, -0.15) is 5.10 Å². The van der Waals surface area contributed by atoms with Gasteiger partial charge in [-0.25, -0.2) is 0 Å². The molecule has 108 valence electrons. The van der Waals surface area contributed by atoms with Crippen LogP contribution in [0.3, 0.4) is 0 Å². The Morgan fingerprint density at radius 2 is 2.21 bits per heavy atom. The van der Waals surface area contributed by atoms with Crippen molar-refractivity contribution in [1.29, 1.82) is 0 Å². The predicted octanol–water partition coefficient (Wildman–Crippen LogP) is 1.35. The normalized spacial score (nSPS) is 23.8. The minimum absolute atomic E-state index is 0.0398. The van der Waals surface area contributed by atoms with Crippen LogP contribution < -0.4 is 0 Å². The number of aliphatic hydroxyl groups excluding tert-OH is 1. The molecule has 0 aliphatic carbocycles. The third-order valence-electron chi connectivity index (χ3n) is 3.39. The molecule has 0 saturated carbocycles. The van der Waals surface area contributed by atoms with Crippen LogP contribution in [-0.4, -0.2) is 51.2 Å². The van der Waals surface area contributed by atoms with E-state index in [0.717, 1.165) is 29.5 Å². The molecule has 1 aliphatic rings. The van der Waals surface area contributed by atoms with Gasteiger partial charge in [0.1, 0.15) is 0 Å². The van der Waals surface area contributed by atoms with Crippen molar-refractivity contribution in [2.24, 2.45) is 7.05 Å². The molecule has 1 aliphatic heterocycles. The molecule has 1 unspecified atom stereocenters. The molecule has 0 amide bonds. The fraction of sp³-hybridized carbons (Fsp3) is 0.769. The second-order valence-corrected chi connectivity index (χ2v) is 6.20. The highest BCUT2D eigenvalue weighted by Gasteiger charge is 2.33. The maximum atomic E-state index is 9.33. The van der Waals surface area contributed by atoms with Crippen molar-refractivity contribution in [3.05, 3.63) is 16.4 Å². The molecule has 2 rings (SSSR count). The van der Waals surface area contributed by atoms with Crippen molar-refractivity contribution in [3.63, 3.8) is 0 Å². The molecule has 0 radical (unpaired) electrons. The average molecular weight is 288 g/mol. The van der Waals surface area contributed by atoms with Gasteiger partial charge < -0.3 is 9.84 Å². The lowest BCUT2D eigenvalue weighted by Gasteiger charge is -2.42. The van der Waals surface area contributed by atoms with E-state index in [-0.39, 0.29) is 18.3 Å². The molecular weight excluding hydrogens is 266 g/mol. The van der Waals surface area contributed by atoms with Gasteiger partial charge in [-0.1, -0.05) is 11.6 Å². The van der Waals surface area contributed by atoms with Gasteiger partial charge in [-0.05, 0) is 20.8 Å². The zero-order valence-corrected chi connectivity index (χ0v) is 12.7. The molecule has 1 fully saturated rings. The zero-order chi connectivity index (χ0) is 14.2. The maximum Gasteiger partial charge on any atom is 0.0940 e. The number of halogens is 1. The lowest BCUT2D eigenvalue weighted by Crippen LogP contribution is -2.53. The summed E-state index contributed by atoms with van der Waals surface area (Å²) in [5.41, 5.74) is 1.60. The number of nitrogens with zero attached hydrogens (tertiary/aromatic N) is 3. The Bertz CT molecular complexity index is 459. The number of aryl methyl sites for hydroxylation is 2. The molecule has 1 atom stereocenters. The molecular formula is C13H22ClN3O2. The first-order valence-electron chi connectivity index (χ1n) is 6.51. The van der Waals surface area contributed by atoms with Crippen LogP contribution in [-0.2, 0) is 18.3 Å². The topological polar surface area (TPSA) is 50.5 Å². The number of aliphatic hydroxyl groups is 1. The number of ether oxygens (including phenoxy) is 1. The van der Waals surface area contributed by atoms with Gasteiger partial charge in [0.15, 0.2) is 0 Å². The summed E-state index contributed by atoms with van der Waals surface area (Å²) in [6.45, 7) is 8.27. The van der Waals surface area contributed by atoms with Crippen molar-refractivity contribution >= 4 is 11.6 Å². The van der Waals surface area contributed by atoms with Gasteiger partial charge in [0.2, 0.25) is 0 Å². The molecule has 1 saturated heterocycles. The smallest absolute Gasteiger partial charge is 0.0940 e. The average Bonchev–Trinajstić information content (AvgIpc) is 2.54. The lowest BCUT2D eigenvalue weighted by atomic mass is 10.1. The van der Waals surface area contributed by atoms with Crippen molar-refractivity contribution in [2.75, 3.05) is 19.7 Å². The van der Waals surface area contributed by atoms with E-state index in [1.165, 1.54) is 0 Å². The molecule has 1 aromatic rings. The Hall–Kier alpha value is -0.620. The van der Waals surface area contributed by atoms with Crippen LogP contribution in [0.4, 0.5) is 0 Å². The Kier molecular flexibility index (Phi) is 4.20. The van der Waals surface area contributed by atoms with Gasteiger partial charge in [0.05, 0.1) is 34.7 Å². The quantitative estimate of drug-likeness (QED) is 0.912. The van der Waals surface area contributed by atoms with E-state index in [0.29, 0.717) is 6.54 Å². The summed E-state index contributed by atoms with van der Waals surface area (Å²) in [6, 6.07) is 0. The summed E-state index contributed by atoms with van der Waals surface area (Å²) in [7, 11) is 1.91. The number of hydrogen-bond acceptors (Lipinski definition) is 4. The van der Waals surface area contributed by atoms with Gasteiger partial charge in [0.25, 0.3) is 0 Å². The summed E-state index contributed by atoms with van der Waals surface area (Å²) >= 11 is 6.28. The fourth-order valence-electron chi connectivity index (χ4n) is 2.70. The first-order valence-corrected chi connectivity index (χ1v) is 6.89. The number of rotatable bonds is 3. The molecule has 5 nitrogen and oxygen atoms in total. The van der Waals surface area contributed by atoms with Crippen molar-refractivity contribution in [2.45, 2.75) is 39.0 Å². The molecule has 19 heavy (non-hydrogen) atoms. The molecule has 2 heterocycles. The van der Waals surface area contributed by atoms with Crippen molar-refractivity contribution in [1.82, 2.24) is 14.7 Å². The first kappa shape index (κ1) is 14.8. The summed E-state index contributed by atoms with van der Waals surface area (Å²) in [6.07, 6.45) is -0.142. The van der Waals surface area contributed by atoms with Crippen LogP contribution in [0, 0.1) is 6.92 Å². The highest BCUT2D eigenvalue weighted by atomic mass is 35.5. The van der Waals surface area contributed by atoms with Crippen LogP contribution in [0.2, 0.25) is 5.02 Å². The van der Waals surface area contributed by atoms with E-state index in [9.17, 15) is 5.11 Å².